The monoisotopic (exact) mass is 368 g/mol. The molecule has 0 atom stereocenters. The zero-order valence-electron chi connectivity index (χ0n) is 15.4. The number of rotatable bonds is 7. The molecule has 0 heterocycles. The fourth-order valence-electron chi connectivity index (χ4n) is 3.20. The number of hydrogen-bond donors (Lipinski definition) is 2. The minimum atomic E-state index is -0.559. The first-order valence-corrected chi connectivity index (χ1v) is 9.15. The minimum absolute atomic E-state index is 0.192. The Morgan fingerprint density at radius 3 is 2.15 bits per heavy atom. The lowest BCUT2D eigenvalue weighted by molar-refractivity contribution is -0.135. The van der Waals surface area contributed by atoms with E-state index in [9.17, 15) is 9.59 Å². The van der Waals surface area contributed by atoms with Gasteiger partial charge >= 0.3 is 0 Å². The van der Waals surface area contributed by atoms with Crippen LogP contribution in [0.5, 0.6) is 11.5 Å². The molecule has 6 nitrogen and oxygen atoms in total. The van der Waals surface area contributed by atoms with Gasteiger partial charge in [0, 0.05) is 0 Å². The van der Waals surface area contributed by atoms with Gasteiger partial charge < -0.3 is 9.47 Å². The van der Waals surface area contributed by atoms with Crippen LogP contribution >= 0.6 is 0 Å². The summed E-state index contributed by atoms with van der Waals surface area (Å²) in [7, 11) is 0. The van der Waals surface area contributed by atoms with Crippen LogP contribution in [0.15, 0.2) is 54.6 Å². The molecule has 142 valence electrons. The Kier molecular flexibility index (Phi) is 5.96. The second-order valence-electron chi connectivity index (χ2n) is 6.47. The number of hydrazine groups is 1. The molecule has 2 amide bonds. The van der Waals surface area contributed by atoms with Gasteiger partial charge in [0.1, 0.15) is 0 Å². The van der Waals surface area contributed by atoms with Crippen LogP contribution in [0.25, 0.3) is 0 Å². The van der Waals surface area contributed by atoms with Crippen LogP contribution in [-0.4, -0.2) is 25.0 Å². The maximum atomic E-state index is 12.7. The molecular weight excluding hydrogens is 344 g/mol. The summed E-state index contributed by atoms with van der Waals surface area (Å²) in [5.41, 5.74) is 5.41. The molecule has 27 heavy (non-hydrogen) atoms. The van der Waals surface area contributed by atoms with Crippen LogP contribution in [-0.2, 0) is 15.0 Å². The molecule has 2 aromatic rings. The lowest BCUT2D eigenvalue weighted by Gasteiger charge is -2.40. The largest absolute Gasteiger partial charge is 0.490 e. The summed E-state index contributed by atoms with van der Waals surface area (Å²) in [6.07, 6.45) is 2.54. The minimum Gasteiger partial charge on any atom is -0.490 e. The molecular formula is C21H24N2O4. The normalized spacial score (nSPS) is 14.6. The molecule has 6 heteroatoms. The molecule has 0 aromatic heterocycles. The van der Waals surface area contributed by atoms with Crippen LogP contribution in [0.2, 0.25) is 0 Å². The number of hydrogen-bond acceptors (Lipinski definition) is 4. The van der Waals surface area contributed by atoms with Gasteiger partial charge in [-0.2, -0.15) is 0 Å². The molecule has 0 spiro atoms. The van der Waals surface area contributed by atoms with Gasteiger partial charge in [-0.3, -0.25) is 20.4 Å². The lowest BCUT2D eigenvalue weighted by atomic mass is 9.64. The molecule has 2 aromatic carbocycles. The van der Waals surface area contributed by atoms with Gasteiger partial charge in [-0.1, -0.05) is 48.9 Å². The van der Waals surface area contributed by atoms with Gasteiger partial charge in [0.15, 0.2) is 18.1 Å². The highest BCUT2D eigenvalue weighted by atomic mass is 16.5. The van der Waals surface area contributed by atoms with Crippen molar-refractivity contribution < 1.29 is 19.1 Å². The standard InChI is InChI=1S/C21H24N2O4/c1-2-26-17-11-6-7-12-18(17)27-15-19(24)22-23-20(25)21(13-8-14-21)16-9-4-3-5-10-16/h3-7,9-12H,2,8,13-15H2,1H3,(H,22,24)(H,23,25). The number of nitrogens with one attached hydrogen (secondary N) is 2. The van der Waals surface area contributed by atoms with Gasteiger partial charge in [-0.25, -0.2) is 0 Å². The summed E-state index contributed by atoms with van der Waals surface area (Å²) in [6.45, 7) is 2.16. The number of amides is 2. The molecule has 0 saturated heterocycles. The molecule has 1 aliphatic rings. The van der Waals surface area contributed by atoms with Crippen molar-refractivity contribution in [2.24, 2.45) is 0 Å². The van der Waals surface area contributed by atoms with Gasteiger partial charge in [0.05, 0.1) is 12.0 Å². The molecule has 1 fully saturated rings. The Morgan fingerprint density at radius 1 is 0.926 bits per heavy atom. The summed E-state index contributed by atoms with van der Waals surface area (Å²) in [5, 5.41) is 0. The topological polar surface area (TPSA) is 76.7 Å². The second kappa shape index (κ2) is 8.58. The van der Waals surface area contributed by atoms with E-state index < -0.39 is 11.3 Å². The molecule has 0 bridgehead atoms. The van der Waals surface area contributed by atoms with E-state index in [2.05, 4.69) is 10.9 Å². The summed E-state index contributed by atoms with van der Waals surface area (Å²) in [5.74, 6) is 0.440. The predicted octanol–water partition coefficient (Wildman–Crippen LogP) is 2.73. The summed E-state index contributed by atoms with van der Waals surface area (Å²) < 4.78 is 11.0. The van der Waals surface area contributed by atoms with Crippen molar-refractivity contribution in [3.8, 4) is 11.5 Å². The number of carbonyl (C=O) groups is 2. The number of para-hydroxylation sites is 2. The van der Waals surface area contributed by atoms with E-state index in [1.807, 2.05) is 43.3 Å². The first-order valence-electron chi connectivity index (χ1n) is 9.15. The summed E-state index contributed by atoms with van der Waals surface area (Å²) in [4.78, 5) is 24.7. The quantitative estimate of drug-likeness (QED) is 0.737. The van der Waals surface area contributed by atoms with Gasteiger partial charge in [-0.15, -0.1) is 0 Å². The highest BCUT2D eigenvalue weighted by Crippen LogP contribution is 2.43. The smallest absolute Gasteiger partial charge is 0.276 e. The Bertz CT molecular complexity index is 788. The van der Waals surface area contributed by atoms with Crippen LogP contribution < -0.4 is 20.3 Å². The molecule has 1 saturated carbocycles. The lowest BCUT2D eigenvalue weighted by Crippen LogP contribution is -2.55. The van der Waals surface area contributed by atoms with Crippen LogP contribution in [0.3, 0.4) is 0 Å². The molecule has 0 unspecified atom stereocenters. The third kappa shape index (κ3) is 4.22. The molecule has 1 aliphatic carbocycles. The van der Waals surface area contributed by atoms with E-state index >= 15 is 0 Å². The first kappa shape index (κ1) is 18.8. The molecule has 2 N–H and O–H groups in total. The zero-order chi connectivity index (χ0) is 19.1. The Morgan fingerprint density at radius 2 is 1.56 bits per heavy atom. The third-order valence-corrected chi connectivity index (χ3v) is 4.79. The van der Waals surface area contributed by atoms with Crippen LogP contribution in [0.1, 0.15) is 31.7 Å². The molecule has 3 rings (SSSR count). The zero-order valence-corrected chi connectivity index (χ0v) is 15.4. The van der Waals surface area contributed by atoms with Crippen molar-refractivity contribution in [2.45, 2.75) is 31.6 Å². The van der Waals surface area contributed by atoms with Crippen molar-refractivity contribution in [3.63, 3.8) is 0 Å². The second-order valence-corrected chi connectivity index (χ2v) is 6.47. The highest BCUT2D eigenvalue weighted by Gasteiger charge is 2.45. The summed E-state index contributed by atoms with van der Waals surface area (Å²) >= 11 is 0. The Balaban J connectivity index is 1.53. The third-order valence-electron chi connectivity index (χ3n) is 4.79. The van der Waals surface area contributed by atoms with Crippen molar-refractivity contribution in [3.05, 3.63) is 60.2 Å². The average Bonchev–Trinajstić information content (AvgIpc) is 2.66. The van der Waals surface area contributed by atoms with E-state index in [0.717, 1.165) is 24.8 Å². The fourth-order valence-corrected chi connectivity index (χ4v) is 3.20. The maximum absolute atomic E-state index is 12.7. The SMILES string of the molecule is CCOc1ccccc1OCC(=O)NNC(=O)C1(c2ccccc2)CCC1. The van der Waals surface area contributed by atoms with E-state index in [1.165, 1.54) is 0 Å². The molecule has 0 aliphatic heterocycles. The van der Waals surface area contributed by atoms with E-state index in [1.54, 1.807) is 18.2 Å². The fraction of sp³-hybridized carbons (Fsp3) is 0.333. The van der Waals surface area contributed by atoms with Gasteiger partial charge in [-0.05, 0) is 37.5 Å². The molecule has 0 radical (unpaired) electrons. The van der Waals surface area contributed by atoms with E-state index in [-0.39, 0.29) is 12.5 Å². The predicted molar refractivity (Wildman–Crippen MR) is 101 cm³/mol. The number of ether oxygens (including phenoxy) is 2. The van der Waals surface area contributed by atoms with Gasteiger partial charge in [0.2, 0.25) is 5.91 Å². The van der Waals surface area contributed by atoms with E-state index in [4.69, 9.17) is 9.47 Å². The van der Waals surface area contributed by atoms with Crippen molar-refractivity contribution in [2.75, 3.05) is 13.2 Å². The number of benzene rings is 2. The van der Waals surface area contributed by atoms with E-state index in [0.29, 0.717) is 18.1 Å². The van der Waals surface area contributed by atoms with Gasteiger partial charge in [0.25, 0.3) is 5.91 Å². The highest BCUT2D eigenvalue weighted by molar-refractivity contribution is 5.91. The average molecular weight is 368 g/mol. The van der Waals surface area contributed by atoms with Crippen molar-refractivity contribution >= 4 is 11.8 Å². The number of carbonyl (C=O) groups excluding carboxylic acids is 2. The van der Waals surface area contributed by atoms with Crippen molar-refractivity contribution in [1.29, 1.82) is 0 Å². The Labute approximate surface area is 158 Å². The first-order chi connectivity index (χ1) is 13.2. The van der Waals surface area contributed by atoms with Crippen molar-refractivity contribution in [1.82, 2.24) is 10.9 Å². The Hall–Kier alpha value is -3.02. The van der Waals surface area contributed by atoms with Crippen LogP contribution in [0.4, 0.5) is 0 Å². The maximum Gasteiger partial charge on any atom is 0.276 e. The van der Waals surface area contributed by atoms with Crippen LogP contribution in [0, 0.1) is 0 Å². The summed E-state index contributed by atoms with van der Waals surface area (Å²) in [6, 6.07) is 16.8.